The summed E-state index contributed by atoms with van der Waals surface area (Å²) < 4.78 is 0. The first-order chi connectivity index (χ1) is 9.15. The first-order valence-electron chi connectivity index (χ1n) is 6.59. The third kappa shape index (κ3) is 2.60. The van der Waals surface area contributed by atoms with Crippen LogP contribution < -0.4 is 0 Å². The van der Waals surface area contributed by atoms with E-state index >= 15 is 0 Å². The molecule has 3 rings (SSSR count). The second-order valence-corrected chi connectivity index (χ2v) is 7.44. The number of hydrogen-bond acceptors (Lipinski definition) is 3. The molecule has 0 spiro atoms. The number of rotatable bonds is 2. The maximum absolute atomic E-state index is 10.6. The Balaban J connectivity index is 1.97. The minimum atomic E-state index is -0.472. The van der Waals surface area contributed by atoms with Crippen LogP contribution in [0, 0.1) is 13.8 Å². The highest BCUT2D eigenvalue weighted by Gasteiger charge is 2.20. The van der Waals surface area contributed by atoms with Crippen LogP contribution in [0.25, 0.3) is 0 Å². The summed E-state index contributed by atoms with van der Waals surface area (Å²) in [6.45, 7) is 4.15. The van der Waals surface area contributed by atoms with Crippen LogP contribution in [0.2, 0.25) is 0 Å². The van der Waals surface area contributed by atoms with E-state index in [4.69, 9.17) is 0 Å². The quantitative estimate of drug-likeness (QED) is 0.893. The lowest BCUT2D eigenvalue weighted by Crippen LogP contribution is -2.00. The number of aliphatic hydroxyl groups is 1. The molecule has 1 atom stereocenters. The second-order valence-electron chi connectivity index (χ2n) is 5.16. The number of benzene rings is 1. The summed E-state index contributed by atoms with van der Waals surface area (Å²) in [6.07, 6.45) is 0.685. The molecular weight excluding hydrogens is 272 g/mol. The fourth-order valence-electron chi connectivity index (χ4n) is 2.51. The van der Waals surface area contributed by atoms with Crippen molar-refractivity contribution >= 4 is 23.1 Å². The minimum absolute atomic E-state index is 0.472. The number of fused-ring (bicyclic) bond motifs is 1. The highest BCUT2D eigenvalue weighted by molar-refractivity contribution is 7.98. The van der Waals surface area contributed by atoms with E-state index in [-0.39, 0.29) is 0 Å². The third-order valence-electron chi connectivity index (χ3n) is 3.65. The summed E-state index contributed by atoms with van der Waals surface area (Å²) in [4.78, 5) is 2.57. The number of thioether (sulfide) groups is 1. The molecule has 1 aliphatic heterocycles. The second kappa shape index (κ2) is 5.31. The smallest absolute Gasteiger partial charge is 0.113 e. The summed E-state index contributed by atoms with van der Waals surface area (Å²) in [7, 11) is 0. The van der Waals surface area contributed by atoms with Crippen LogP contribution in [0.15, 0.2) is 24.3 Å². The average Bonchev–Trinajstić information content (AvgIpc) is 2.84. The monoisotopic (exact) mass is 290 g/mol. The van der Waals surface area contributed by atoms with E-state index in [1.54, 1.807) is 11.3 Å². The lowest BCUT2D eigenvalue weighted by molar-refractivity contribution is 0.223. The van der Waals surface area contributed by atoms with Gasteiger partial charge in [-0.3, -0.25) is 0 Å². The van der Waals surface area contributed by atoms with Crippen LogP contribution in [0.3, 0.4) is 0 Å². The Hall–Kier alpha value is -0.770. The molecule has 1 unspecified atom stereocenters. The standard InChI is InChI=1S/C16H18OS2/c1-10-3-4-11(2)13(7-10)16(17)15-8-12-9-18-6-5-14(12)19-15/h3-4,7-8,16-17H,5-6,9H2,1-2H3. The van der Waals surface area contributed by atoms with Crippen molar-refractivity contribution in [2.24, 2.45) is 0 Å². The molecule has 2 aromatic rings. The van der Waals surface area contributed by atoms with Crippen LogP contribution >= 0.6 is 23.1 Å². The molecule has 1 aromatic carbocycles. The van der Waals surface area contributed by atoms with E-state index in [9.17, 15) is 5.11 Å². The van der Waals surface area contributed by atoms with Gasteiger partial charge in [-0.15, -0.1) is 11.3 Å². The van der Waals surface area contributed by atoms with Crippen LogP contribution in [-0.4, -0.2) is 10.9 Å². The molecule has 1 aliphatic rings. The molecule has 1 N–H and O–H groups in total. The van der Waals surface area contributed by atoms with E-state index < -0.39 is 6.10 Å². The molecule has 1 nitrogen and oxygen atoms in total. The van der Waals surface area contributed by atoms with Crippen molar-refractivity contribution in [1.29, 1.82) is 0 Å². The van der Waals surface area contributed by atoms with E-state index in [1.807, 2.05) is 11.8 Å². The van der Waals surface area contributed by atoms with Gasteiger partial charge in [0.05, 0.1) is 0 Å². The molecular formula is C16H18OS2. The van der Waals surface area contributed by atoms with Crippen molar-refractivity contribution in [2.75, 3.05) is 5.75 Å². The number of thiophene rings is 1. The summed E-state index contributed by atoms with van der Waals surface area (Å²) in [6, 6.07) is 8.50. The molecule has 1 aromatic heterocycles. The van der Waals surface area contributed by atoms with Gasteiger partial charge < -0.3 is 5.11 Å². The van der Waals surface area contributed by atoms with Gasteiger partial charge in [-0.1, -0.05) is 23.8 Å². The van der Waals surface area contributed by atoms with Crippen molar-refractivity contribution < 1.29 is 5.11 Å². The number of hydrogen-bond donors (Lipinski definition) is 1. The van der Waals surface area contributed by atoms with Gasteiger partial charge in [0.2, 0.25) is 0 Å². The van der Waals surface area contributed by atoms with Crippen LogP contribution in [0.4, 0.5) is 0 Å². The van der Waals surface area contributed by atoms with Gasteiger partial charge in [0.25, 0.3) is 0 Å². The molecule has 100 valence electrons. The molecule has 0 fully saturated rings. The molecule has 0 aliphatic carbocycles. The van der Waals surface area contributed by atoms with Crippen molar-refractivity contribution in [2.45, 2.75) is 32.1 Å². The van der Waals surface area contributed by atoms with Crippen LogP contribution in [0.1, 0.15) is 38.1 Å². The molecule has 2 heterocycles. The summed E-state index contributed by atoms with van der Waals surface area (Å²) in [5, 5.41) is 10.6. The Bertz CT molecular complexity index is 577. The van der Waals surface area contributed by atoms with E-state index in [1.165, 1.54) is 27.3 Å². The molecule has 0 saturated heterocycles. The zero-order valence-electron chi connectivity index (χ0n) is 11.3. The topological polar surface area (TPSA) is 20.2 Å². The molecule has 0 saturated carbocycles. The number of aliphatic hydroxyl groups excluding tert-OH is 1. The maximum Gasteiger partial charge on any atom is 0.113 e. The SMILES string of the molecule is Cc1ccc(C)c(C(O)c2cc3c(s2)CCSC3)c1. The van der Waals surface area contributed by atoms with Crippen LogP contribution in [0.5, 0.6) is 0 Å². The van der Waals surface area contributed by atoms with Gasteiger partial charge in [-0.25, -0.2) is 0 Å². The zero-order valence-corrected chi connectivity index (χ0v) is 12.9. The van der Waals surface area contributed by atoms with Gasteiger partial charge in [0.1, 0.15) is 6.10 Å². The maximum atomic E-state index is 10.6. The highest BCUT2D eigenvalue weighted by atomic mass is 32.2. The molecule has 0 radical (unpaired) electrons. The Morgan fingerprint density at radius 2 is 2.05 bits per heavy atom. The predicted octanol–water partition coefficient (Wildman–Crippen LogP) is 4.24. The van der Waals surface area contributed by atoms with Crippen molar-refractivity contribution in [1.82, 2.24) is 0 Å². The molecule has 0 amide bonds. The van der Waals surface area contributed by atoms with Crippen molar-refractivity contribution in [3.8, 4) is 0 Å². The van der Waals surface area contributed by atoms with E-state index in [0.29, 0.717) is 0 Å². The van der Waals surface area contributed by atoms with Gasteiger partial charge in [-0.05, 0) is 48.8 Å². The Kier molecular flexibility index (Phi) is 3.70. The zero-order chi connectivity index (χ0) is 13.4. The first kappa shape index (κ1) is 13.2. The van der Waals surface area contributed by atoms with Gasteiger partial charge in [0.15, 0.2) is 0 Å². The fourth-order valence-corrected chi connectivity index (χ4v) is 4.89. The third-order valence-corrected chi connectivity index (χ3v) is 5.94. The van der Waals surface area contributed by atoms with E-state index in [2.05, 4.69) is 38.1 Å². The van der Waals surface area contributed by atoms with E-state index in [0.717, 1.165) is 22.6 Å². The van der Waals surface area contributed by atoms with Crippen LogP contribution in [-0.2, 0) is 12.2 Å². The summed E-state index contributed by atoms with van der Waals surface area (Å²) >= 11 is 3.78. The average molecular weight is 290 g/mol. The van der Waals surface area contributed by atoms with Gasteiger partial charge in [0, 0.05) is 15.5 Å². The van der Waals surface area contributed by atoms with Crippen molar-refractivity contribution in [3.63, 3.8) is 0 Å². The Labute approximate surface area is 122 Å². The Morgan fingerprint density at radius 1 is 1.21 bits per heavy atom. The predicted molar refractivity (Wildman–Crippen MR) is 84.2 cm³/mol. The largest absolute Gasteiger partial charge is 0.383 e. The number of aryl methyl sites for hydroxylation is 3. The Morgan fingerprint density at radius 3 is 2.84 bits per heavy atom. The normalized spacial score (nSPS) is 16.2. The molecule has 0 bridgehead atoms. The fraction of sp³-hybridized carbons (Fsp3) is 0.375. The summed E-state index contributed by atoms with van der Waals surface area (Å²) in [5.74, 6) is 2.32. The first-order valence-corrected chi connectivity index (χ1v) is 8.56. The summed E-state index contributed by atoms with van der Waals surface area (Å²) in [5.41, 5.74) is 4.85. The van der Waals surface area contributed by atoms with Gasteiger partial charge >= 0.3 is 0 Å². The lowest BCUT2D eigenvalue weighted by Gasteiger charge is -2.13. The lowest BCUT2D eigenvalue weighted by atomic mass is 9.99. The van der Waals surface area contributed by atoms with Crippen molar-refractivity contribution in [3.05, 3.63) is 56.3 Å². The molecule has 3 heteroatoms. The highest BCUT2D eigenvalue weighted by Crippen LogP contribution is 2.37. The minimum Gasteiger partial charge on any atom is -0.383 e. The van der Waals surface area contributed by atoms with Gasteiger partial charge in [-0.2, -0.15) is 11.8 Å². The molecule has 19 heavy (non-hydrogen) atoms.